The van der Waals surface area contributed by atoms with Crippen molar-refractivity contribution in [1.29, 1.82) is 0 Å². The molecular formula is C16H22N2S. The van der Waals surface area contributed by atoms with Crippen LogP contribution in [-0.2, 0) is 13.1 Å². The number of rotatable bonds is 5. The van der Waals surface area contributed by atoms with Gasteiger partial charge in [0.1, 0.15) is 0 Å². The van der Waals surface area contributed by atoms with Crippen LogP contribution in [0.3, 0.4) is 0 Å². The highest BCUT2D eigenvalue weighted by Gasteiger charge is 2.10. The van der Waals surface area contributed by atoms with E-state index in [2.05, 4.69) is 56.0 Å². The molecule has 0 saturated carbocycles. The summed E-state index contributed by atoms with van der Waals surface area (Å²) in [6.07, 6.45) is 0. The van der Waals surface area contributed by atoms with Crippen LogP contribution >= 0.6 is 11.3 Å². The van der Waals surface area contributed by atoms with Crippen molar-refractivity contribution in [3.8, 4) is 0 Å². The van der Waals surface area contributed by atoms with Crippen LogP contribution in [0.1, 0.15) is 27.8 Å². The topological polar surface area (TPSA) is 29.3 Å². The molecule has 2 nitrogen and oxygen atoms in total. The lowest BCUT2D eigenvalue weighted by atomic mass is 10.2. The van der Waals surface area contributed by atoms with Gasteiger partial charge in [-0.25, -0.2) is 0 Å². The molecule has 0 unspecified atom stereocenters. The molecular weight excluding hydrogens is 252 g/mol. The lowest BCUT2D eigenvalue weighted by Gasteiger charge is -2.23. The number of hydrogen-bond donors (Lipinski definition) is 1. The summed E-state index contributed by atoms with van der Waals surface area (Å²) in [6.45, 7) is 9.12. The molecule has 1 aromatic heterocycles. The van der Waals surface area contributed by atoms with Crippen LogP contribution in [0.2, 0.25) is 0 Å². The van der Waals surface area contributed by atoms with Gasteiger partial charge in [-0.05, 0) is 44.5 Å². The standard InChI is InChI=1S/C16H22N2S/c1-4-18(15-7-5-12(2)6-8-15)11-14-9-16(10-17)19-13(14)3/h5-9H,4,10-11,17H2,1-3H3. The second-order valence-corrected chi connectivity index (χ2v) is 6.19. The summed E-state index contributed by atoms with van der Waals surface area (Å²) < 4.78 is 0. The Labute approximate surface area is 119 Å². The van der Waals surface area contributed by atoms with E-state index in [0.29, 0.717) is 6.54 Å². The van der Waals surface area contributed by atoms with Gasteiger partial charge in [0.15, 0.2) is 0 Å². The van der Waals surface area contributed by atoms with E-state index in [0.717, 1.165) is 13.1 Å². The van der Waals surface area contributed by atoms with Crippen LogP contribution in [0.5, 0.6) is 0 Å². The highest BCUT2D eigenvalue weighted by molar-refractivity contribution is 7.12. The number of aryl methyl sites for hydroxylation is 2. The Balaban J connectivity index is 2.18. The van der Waals surface area contributed by atoms with Gasteiger partial charge in [-0.2, -0.15) is 0 Å². The summed E-state index contributed by atoms with van der Waals surface area (Å²) in [4.78, 5) is 5.05. The third kappa shape index (κ3) is 3.37. The van der Waals surface area contributed by atoms with E-state index in [4.69, 9.17) is 5.73 Å². The van der Waals surface area contributed by atoms with Crippen molar-refractivity contribution >= 4 is 17.0 Å². The van der Waals surface area contributed by atoms with E-state index in [9.17, 15) is 0 Å². The molecule has 0 aliphatic carbocycles. The van der Waals surface area contributed by atoms with Gasteiger partial charge in [0.25, 0.3) is 0 Å². The number of benzene rings is 1. The molecule has 0 radical (unpaired) electrons. The Bertz CT molecular complexity index is 528. The highest BCUT2D eigenvalue weighted by atomic mass is 32.1. The van der Waals surface area contributed by atoms with Gasteiger partial charge in [0.05, 0.1) is 0 Å². The average Bonchev–Trinajstić information content (AvgIpc) is 2.78. The Morgan fingerprint density at radius 2 is 1.84 bits per heavy atom. The zero-order valence-corrected chi connectivity index (χ0v) is 12.8. The van der Waals surface area contributed by atoms with Crippen molar-refractivity contribution in [1.82, 2.24) is 0 Å². The summed E-state index contributed by atoms with van der Waals surface area (Å²) in [5.74, 6) is 0. The molecule has 0 fully saturated rings. The predicted octanol–water partition coefficient (Wildman–Crippen LogP) is 3.85. The Kier molecular flexibility index (Phi) is 4.61. The molecule has 0 aliphatic rings. The molecule has 3 heteroatoms. The van der Waals surface area contributed by atoms with E-state index < -0.39 is 0 Å². The summed E-state index contributed by atoms with van der Waals surface area (Å²) in [6, 6.07) is 11.0. The molecule has 0 spiro atoms. The van der Waals surface area contributed by atoms with Gasteiger partial charge in [0.2, 0.25) is 0 Å². The molecule has 19 heavy (non-hydrogen) atoms. The molecule has 2 aromatic rings. The van der Waals surface area contributed by atoms with Gasteiger partial charge in [-0.1, -0.05) is 17.7 Å². The summed E-state index contributed by atoms with van der Waals surface area (Å²) >= 11 is 1.81. The van der Waals surface area contributed by atoms with Crippen molar-refractivity contribution in [2.45, 2.75) is 33.9 Å². The van der Waals surface area contributed by atoms with Gasteiger partial charge >= 0.3 is 0 Å². The number of hydrogen-bond acceptors (Lipinski definition) is 3. The molecule has 1 heterocycles. The van der Waals surface area contributed by atoms with Gasteiger partial charge in [0, 0.05) is 35.1 Å². The normalized spacial score (nSPS) is 10.7. The Hall–Kier alpha value is -1.32. The third-order valence-corrected chi connectivity index (χ3v) is 4.53. The maximum absolute atomic E-state index is 5.72. The number of nitrogens with zero attached hydrogens (tertiary/aromatic N) is 1. The molecule has 0 saturated heterocycles. The lowest BCUT2D eigenvalue weighted by molar-refractivity contribution is 0.830. The van der Waals surface area contributed by atoms with E-state index >= 15 is 0 Å². The smallest absolute Gasteiger partial charge is 0.0440 e. The van der Waals surface area contributed by atoms with Crippen molar-refractivity contribution in [3.63, 3.8) is 0 Å². The molecule has 102 valence electrons. The quantitative estimate of drug-likeness (QED) is 0.897. The number of anilines is 1. The fraction of sp³-hybridized carbons (Fsp3) is 0.375. The summed E-state index contributed by atoms with van der Waals surface area (Å²) in [7, 11) is 0. The number of thiophene rings is 1. The van der Waals surface area contributed by atoms with Crippen molar-refractivity contribution in [3.05, 3.63) is 51.2 Å². The third-order valence-electron chi connectivity index (χ3n) is 3.41. The first kappa shape index (κ1) is 14.1. The van der Waals surface area contributed by atoms with Crippen molar-refractivity contribution in [2.24, 2.45) is 5.73 Å². The van der Waals surface area contributed by atoms with Gasteiger partial charge in [-0.15, -0.1) is 11.3 Å². The van der Waals surface area contributed by atoms with Crippen LogP contribution < -0.4 is 10.6 Å². The minimum absolute atomic E-state index is 0.641. The average molecular weight is 274 g/mol. The van der Waals surface area contributed by atoms with Gasteiger partial charge < -0.3 is 10.6 Å². The fourth-order valence-electron chi connectivity index (χ4n) is 2.19. The van der Waals surface area contributed by atoms with Crippen molar-refractivity contribution < 1.29 is 0 Å². The summed E-state index contributed by atoms with van der Waals surface area (Å²) in [5.41, 5.74) is 9.70. The molecule has 2 N–H and O–H groups in total. The Morgan fingerprint density at radius 1 is 1.16 bits per heavy atom. The maximum Gasteiger partial charge on any atom is 0.0440 e. The van der Waals surface area contributed by atoms with E-state index in [1.807, 2.05) is 11.3 Å². The largest absolute Gasteiger partial charge is 0.367 e. The second-order valence-electron chi connectivity index (χ2n) is 4.85. The first-order valence-corrected chi connectivity index (χ1v) is 7.55. The second kappa shape index (κ2) is 6.22. The fourth-order valence-corrected chi connectivity index (χ4v) is 3.12. The minimum atomic E-state index is 0.641. The van der Waals surface area contributed by atoms with E-state index in [1.54, 1.807) is 0 Å². The van der Waals surface area contributed by atoms with Crippen LogP contribution in [0.4, 0.5) is 5.69 Å². The molecule has 0 amide bonds. The summed E-state index contributed by atoms with van der Waals surface area (Å²) in [5, 5.41) is 0. The molecule has 1 aromatic carbocycles. The van der Waals surface area contributed by atoms with Crippen LogP contribution in [0.15, 0.2) is 30.3 Å². The SMILES string of the molecule is CCN(Cc1cc(CN)sc1C)c1ccc(C)cc1. The zero-order chi connectivity index (χ0) is 13.8. The van der Waals surface area contributed by atoms with Crippen LogP contribution in [0, 0.1) is 13.8 Å². The maximum atomic E-state index is 5.72. The molecule has 0 atom stereocenters. The van der Waals surface area contributed by atoms with E-state index in [-0.39, 0.29) is 0 Å². The van der Waals surface area contributed by atoms with E-state index in [1.165, 1.54) is 26.6 Å². The monoisotopic (exact) mass is 274 g/mol. The number of nitrogens with two attached hydrogens (primary N) is 1. The first-order chi connectivity index (χ1) is 9.13. The van der Waals surface area contributed by atoms with Gasteiger partial charge in [-0.3, -0.25) is 0 Å². The van der Waals surface area contributed by atoms with Crippen LogP contribution in [0.25, 0.3) is 0 Å². The van der Waals surface area contributed by atoms with Crippen LogP contribution in [-0.4, -0.2) is 6.54 Å². The molecule has 0 bridgehead atoms. The highest BCUT2D eigenvalue weighted by Crippen LogP contribution is 2.25. The molecule has 0 aliphatic heterocycles. The Morgan fingerprint density at radius 3 is 2.37 bits per heavy atom. The first-order valence-electron chi connectivity index (χ1n) is 6.74. The zero-order valence-electron chi connectivity index (χ0n) is 11.9. The van der Waals surface area contributed by atoms with Crippen molar-refractivity contribution in [2.75, 3.05) is 11.4 Å². The minimum Gasteiger partial charge on any atom is -0.367 e. The lowest BCUT2D eigenvalue weighted by Crippen LogP contribution is -2.21. The molecule has 2 rings (SSSR count). The predicted molar refractivity (Wildman–Crippen MR) is 84.9 cm³/mol.